The van der Waals surface area contributed by atoms with Gasteiger partial charge in [0.15, 0.2) is 0 Å². The van der Waals surface area contributed by atoms with E-state index in [-0.39, 0.29) is 5.24 Å². The maximum Gasteiger partial charge on any atom is 0.281 e. The molecule has 3 nitrogen and oxygen atoms in total. The average molecular weight is 218 g/mol. The normalized spacial score (nSPS) is 10.2. The molecule has 0 aliphatic rings. The Balaban J connectivity index is 3.23. The van der Waals surface area contributed by atoms with E-state index < -0.39 is 0 Å². The Kier molecular flexibility index (Phi) is 9.19. The van der Waals surface area contributed by atoms with Crippen molar-refractivity contribution in [3.05, 3.63) is 0 Å². The lowest BCUT2D eigenvalue weighted by molar-refractivity contribution is 0.233. The van der Waals surface area contributed by atoms with E-state index in [4.69, 9.17) is 0 Å². The summed E-state index contributed by atoms with van der Waals surface area (Å²) in [5, 5.41) is 3.47. The lowest BCUT2D eigenvalue weighted by atomic mass is 10.2. The Bertz CT molecular complexity index is 153. The Labute approximate surface area is 91.6 Å². The molecule has 0 heterocycles. The van der Waals surface area contributed by atoms with Crippen LogP contribution in [0.4, 0.5) is 4.79 Å². The number of nitrogens with one attached hydrogen (secondary N) is 1. The summed E-state index contributed by atoms with van der Waals surface area (Å²) in [5.41, 5.74) is 0. The predicted molar refractivity (Wildman–Crippen MR) is 63.9 cm³/mol. The van der Waals surface area contributed by atoms with E-state index in [1.807, 2.05) is 13.3 Å². The van der Waals surface area contributed by atoms with Gasteiger partial charge in [-0.15, -0.1) is 0 Å². The summed E-state index contributed by atoms with van der Waals surface area (Å²) in [6, 6.07) is 0. The summed E-state index contributed by atoms with van der Waals surface area (Å²) in [6.45, 7) is 4.96. The number of unbranched alkanes of at least 4 members (excludes halogenated alkanes) is 2. The highest BCUT2D eigenvalue weighted by molar-refractivity contribution is 8.12. The van der Waals surface area contributed by atoms with Gasteiger partial charge in [0.2, 0.25) is 0 Å². The molecule has 1 N–H and O–H groups in total. The highest BCUT2D eigenvalue weighted by Crippen LogP contribution is 2.00. The molecule has 0 unspecified atom stereocenters. The zero-order chi connectivity index (χ0) is 10.8. The molecule has 0 spiro atoms. The number of hydrogen-bond donors (Lipinski definition) is 1. The van der Waals surface area contributed by atoms with Gasteiger partial charge >= 0.3 is 0 Å². The van der Waals surface area contributed by atoms with Crippen LogP contribution in [0.3, 0.4) is 0 Å². The minimum atomic E-state index is 0.139. The fraction of sp³-hybridized carbons (Fsp3) is 0.900. The van der Waals surface area contributed by atoms with Crippen molar-refractivity contribution in [1.82, 2.24) is 10.2 Å². The van der Waals surface area contributed by atoms with Gasteiger partial charge in [-0.25, -0.2) is 0 Å². The summed E-state index contributed by atoms with van der Waals surface area (Å²) >= 11 is 1.26. The Hall–Kier alpha value is -0.220. The number of nitrogens with zero attached hydrogens (tertiary/aromatic N) is 1. The van der Waals surface area contributed by atoms with Gasteiger partial charge in [0.1, 0.15) is 0 Å². The first kappa shape index (κ1) is 13.8. The number of carbonyl (C=O) groups is 1. The summed E-state index contributed by atoms with van der Waals surface area (Å²) in [5.74, 6) is 0. The van der Waals surface area contributed by atoms with Crippen LogP contribution in [0.5, 0.6) is 0 Å². The van der Waals surface area contributed by atoms with E-state index in [9.17, 15) is 4.79 Å². The SMILES string of the molecule is CCCCCNCCN(C)C(=O)SC. The molecule has 0 saturated carbocycles. The smallest absolute Gasteiger partial charge is 0.281 e. The third kappa shape index (κ3) is 7.21. The van der Waals surface area contributed by atoms with E-state index >= 15 is 0 Å². The Morgan fingerprint density at radius 3 is 2.64 bits per heavy atom. The predicted octanol–water partition coefficient (Wildman–Crippen LogP) is 2.18. The van der Waals surface area contributed by atoms with Crippen molar-refractivity contribution in [3.8, 4) is 0 Å². The van der Waals surface area contributed by atoms with Crippen LogP contribution >= 0.6 is 11.8 Å². The number of hydrogen-bond acceptors (Lipinski definition) is 3. The van der Waals surface area contributed by atoms with Crippen LogP contribution in [0.25, 0.3) is 0 Å². The first-order valence-corrected chi connectivity index (χ1v) is 6.44. The van der Waals surface area contributed by atoms with E-state index in [0.717, 1.165) is 19.6 Å². The lowest BCUT2D eigenvalue weighted by Gasteiger charge is -2.15. The van der Waals surface area contributed by atoms with Crippen LogP contribution in [0.15, 0.2) is 0 Å². The Morgan fingerprint density at radius 2 is 2.07 bits per heavy atom. The van der Waals surface area contributed by atoms with Crippen molar-refractivity contribution in [2.45, 2.75) is 26.2 Å². The van der Waals surface area contributed by atoms with E-state index in [1.54, 1.807) is 4.90 Å². The fourth-order valence-corrected chi connectivity index (χ4v) is 1.52. The molecule has 1 amide bonds. The molecule has 0 rings (SSSR count). The summed E-state index contributed by atoms with van der Waals surface area (Å²) in [6.07, 6.45) is 5.59. The number of carbonyl (C=O) groups excluding carboxylic acids is 1. The summed E-state index contributed by atoms with van der Waals surface area (Å²) in [7, 11) is 1.84. The van der Waals surface area contributed by atoms with Crippen LogP contribution in [-0.4, -0.2) is 43.1 Å². The van der Waals surface area contributed by atoms with Crippen LogP contribution in [-0.2, 0) is 0 Å². The van der Waals surface area contributed by atoms with Gasteiger partial charge in [-0.3, -0.25) is 4.79 Å². The van der Waals surface area contributed by atoms with Gasteiger partial charge in [-0.1, -0.05) is 31.5 Å². The molecular weight excluding hydrogens is 196 g/mol. The molecule has 0 atom stereocenters. The van der Waals surface area contributed by atoms with Crippen molar-refractivity contribution in [2.75, 3.05) is 32.9 Å². The second kappa shape index (κ2) is 9.34. The Morgan fingerprint density at radius 1 is 1.36 bits per heavy atom. The van der Waals surface area contributed by atoms with Gasteiger partial charge in [-0.05, 0) is 19.2 Å². The molecule has 14 heavy (non-hydrogen) atoms. The van der Waals surface area contributed by atoms with E-state index in [0.29, 0.717) is 0 Å². The molecule has 0 radical (unpaired) electrons. The lowest BCUT2D eigenvalue weighted by Crippen LogP contribution is -2.31. The summed E-state index contributed by atoms with van der Waals surface area (Å²) in [4.78, 5) is 12.9. The average Bonchev–Trinajstić information content (AvgIpc) is 2.21. The standard InChI is InChI=1S/C10H22N2OS/c1-4-5-6-7-11-8-9-12(2)10(13)14-3/h11H,4-9H2,1-3H3. The van der Waals surface area contributed by atoms with Crippen molar-refractivity contribution in [1.29, 1.82) is 0 Å². The minimum Gasteiger partial charge on any atom is -0.335 e. The van der Waals surface area contributed by atoms with Gasteiger partial charge in [-0.2, -0.15) is 0 Å². The maximum absolute atomic E-state index is 11.1. The number of amides is 1. The quantitative estimate of drug-likeness (QED) is 0.665. The molecule has 0 saturated heterocycles. The third-order valence-corrected chi connectivity index (χ3v) is 2.73. The topological polar surface area (TPSA) is 32.3 Å². The van der Waals surface area contributed by atoms with Gasteiger partial charge in [0.05, 0.1) is 0 Å². The number of thioether (sulfide) groups is 1. The second-order valence-electron chi connectivity index (χ2n) is 3.35. The first-order chi connectivity index (χ1) is 6.72. The summed E-state index contributed by atoms with van der Waals surface area (Å²) < 4.78 is 0. The zero-order valence-corrected chi connectivity index (χ0v) is 10.3. The molecule has 0 aromatic heterocycles. The van der Waals surface area contributed by atoms with Crippen LogP contribution in [0.1, 0.15) is 26.2 Å². The van der Waals surface area contributed by atoms with Crippen LogP contribution < -0.4 is 5.32 Å². The molecule has 0 aliphatic carbocycles. The van der Waals surface area contributed by atoms with Crippen LogP contribution in [0.2, 0.25) is 0 Å². The molecule has 0 bridgehead atoms. The maximum atomic E-state index is 11.1. The fourth-order valence-electron chi connectivity index (χ4n) is 1.12. The highest BCUT2D eigenvalue weighted by Gasteiger charge is 2.04. The number of likely N-dealkylation sites (N-methyl/N-ethyl adjacent to an activating group) is 1. The molecule has 0 aromatic rings. The molecule has 4 heteroatoms. The van der Waals surface area contributed by atoms with Gasteiger partial charge in [0, 0.05) is 20.1 Å². The van der Waals surface area contributed by atoms with Crippen molar-refractivity contribution in [2.24, 2.45) is 0 Å². The van der Waals surface area contributed by atoms with E-state index in [1.165, 1.54) is 31.0 Å². The van der Waals surface area contributed by atoms with Gasteiger partial charge in [0.25, 0.3) is 5.24 Å². The van der Waals surface area contributed by atoms with Gasteiger partial charge < -0.3 is 10.2 Å². The van der Waals surface area contributed by atoms with Crippen LogP contribution in [0, 0.1) is 0 Å². The molecular formula is C10H22N2OS. The highest BCUT2D eigenvalue weighted by atomic mass is 32.2. The third-order valence-electron chi connectivity index (χ3n) is 2.07. The monoisotopic (exact) mass is 218 g/mol. The molecule has 0 fully saturated rings. The van der Waals surface area contributed by atoms with E-state index in [2.05, 4.69) is 12.2 Å². The van der Waals surface area contributed by atoms with Crippen molar-refractivity contribution >= 4 is 17.0 Å². The molecule has 0 aromatic carbocycles. The first-order valence-electron chi connectivity index (χ1n) is 5.22. The van der Waals surface area contributed by atoms with Crippen molar-refractivity contribution in [3.63, 3.8) is 0 Å². The molecule has 0 aliphatic heterocycles. The molecule has 84 valence electrons. The number of rotatable bonds is 7. The minimum absolute atomic E-state index is 0.139. The second-order valence-corrected chi connectivity index (χ2v) is 4.11. The zero-order valence-electron chi connectivity index (χ0n) is 9.51. The largest absolute Gasteiger partial charge is 0.335 e. The van der Waals surface area contributed by atoms with Crippen molar-refractivity contribution < 1.29 is 4.79 Å².